The Balaban J connectivity index is 2.39. The Morgan fingerprint density at radius 3 is 2.35 bits per heavy atom. The van der Waals surface area contributed by atoms with Crippen LogP contribution in [0.1, 0.15) is 19.3 Å². The van der Waals surface area contributed by atoms with E-state index in [1.165, 1.54) is 4.90 Å². The van der Waals surface area contributed by atoms with Crippen LogP contribution >= 0.6 is 0 Å². The lowest BCUT2D eigenvalue weighted by Crippen LogP contribution is -2.39. The molecule has 1 aliphatic carbocycles. The number of aliphatic hydroxyl groups is 1. The quantitative estimate of drug-likeness (QED) is 0.749. The lowest BCUT2D eigenvalue weighted by atomic mass is 10.0. The molecule has 3 nitrogen and oxygen atoms in total. The van der Waals surface area contributed by atoms with E-state index in [4.69, 9.17) is 10.8 Å². The number of hydrogen-bond acceptors (Lipinski definition) is 3. The monoisotopic (exact) mass is 254 g/mol. The van der Waals surface area contributed by atoms with Crippen LogP contribution in [0, 0.1) is 11.8 Å². The second-order valence-corrected chi connectivity index (χ2v) is 4.85. The summed E-state index contributed by atoms with van der Waals surface area (Å²) in [5, 5.41) is 8.78. The molecule has 6 heteroatoms. The van der Waals surface area contributed by atoms with Gasteiger partial charge in [-0.25, -0.2) is 0 Å². The van der Waals surface area contributed by atoms with Crippen molar-refractivity contribution in [2.45, 2.75) is 25.4 Å². The van der Waals surface area contributed by atoms with E-state index < -0.39 is 12.7 Å². The molecule has 0 aromatic rings. The summed E-state index contributed by atoms with van der Waals surface area (Å²) in [4.78, 5) is 1.30. The second-order valence-electron chi connectivity index (χ2n) is 4.85. The average molecular weight is 254 g/mol. The van der Waals surface area contributed by atoms with Crippen molar-refractivity contribution < 1.29 is 18.3 Å². The van der Waals surface area contributed by atoms with E-state index in [1.807, 2.05) is 0 Å². The molecule has 2 unspecified atom stereocenters. The van der Waals surface area contributed by atoms with Gasteiger partial charge >= 0.3 is 6.18 Å². The Morgan fingerprint density at radius 1 is 1.24 bits per heavy atom. The van der Waals surface area contributed by atoms with Crippen LogP contribution in [0.3, 0.4) is 0 Å². The summed E-state index contributed by atoms with van der Waals surface area (Å²) in [6, 6.07) is 0. The zero-order valence-electron chi connectivity index (χ0n) is 9.92. The van der Waals surface area contributed by atoms with Crippen molar-refractivity contribution in [1.29, 1.82) is 0 Å². The van der Waals surface area contributed by atoms with Gasteiger partial charge < -0.3 is 10.8 Å². The molecule has 17 heavy (non-hydrogen) atoms. The van der Waals surface area contributed by atoms with Crippen molar-refractivity contribution in [3.8, 4) is 0 Å². The van der Waals surface area contributed by atoms with Crippen molar-refractivity contribution in [2.75, 3.05) is 32.8 Å². The van der Waals surface area contributed by atoms with Gasteiger partial charge in [0.15, 0.2) is 0 Å². The zero-order valence-corrected chi connectivity index (χ0v) is 9.92. The van der Waals surface area contributed by atoms with Gasteiger partial charge in [0.25, 0.3) is 0 Å². The summed E-state index contributed by atoms with van der Waals surface area (Å²) >= 11 is 0. The number of rotatable bonds is 6. The molecule has 0 aromatic heterocycles. The average Bonchev–Trinajstić information content (AvgIpc) is 2.63. The molecule has 0 aliphatic heterocycles. The van der Waals surface area contributed by atoms with Crippen molar-refractivity contribution in [2.24, 2.45) is 17.6 Å². The lowest BCUT2D eigenvalue weighted by molar-refractivity contribution is -0.148. The maximum Gasteiger partial charge on any atom is 0.401 e. The number of halogens is 3. The Kier molecular flexibility index (Phi) is 5.69. The summed E-state index contributed by atoms with van der Waals surface area (Å²) < 4.78 is 36.9. The zero-order chi connectivity index (χ0) is 12.9. The van der Waals surface area contributed by atoms with Crippen molar-refractivity contribution in [3.63, 3.8) is 0 Å². The van der Waals surface area contributed by atoms with Crippen molar-refractivity contribution >= 4 is 0 Å². The van der Waals surface area contributed by atoms with Crippen LogP contribution < -0.4 is 5.73 Å². The molecule has 0 spiro atoms. The predicted octanol–water partition coefficient (Wildman–Crippen LogP) is 1.22. The number of nitrogens with zero attached hydrogens (tertiary/aromatic N) is 1. The highest BCUT2D eigenvalue weighted by Gasteiger charge is 2.32. The van der Waals surface area contributed by atoms with Gasteiger partial charge in [0.05, 0.1) is 13.2 Å². The Morgan fingerprint density at radius 2 is 1.88 bits per heavy atom. The fourth-order valence-corrected chi connectivity index (χ4v) is 2.55. The van der Waals surface area contributed by atoms with Crippen LogP contribution in [-0.2, 0) is 0 Å². The highest BCUT2D eigenvalue weighted by Crippen LogP contribution is 2.31. The summed E-state index contributed by atoms with van der Waals surface area (Å²) in [7, 11) is 0. The second kappa shape index (κ2) is 6.56. The molecule has 0 saturated heterocycles. The predicted molar refractivity (Wildman–Crippen MR) is 59.5 cm³/mol. The SMILES string of the molecule is NCC1CCC(CN(CCO)CC(F)(F)F)C1. The summed E-state index contributed by atoms with van der Waals surface area (Å²) in [5.74, 6) is 0.749. The molecule has 0 amide bonds. The van der Waals surface area contributed by atoms with E-state index in [9.17, 15) is 13.2 Å². The van der Waals surface area contributed by atoms with Crippen LogP contribution in [0.5, 0.6) is 0 Å². The molecule has 1 rings (SSSR count). The molecule has 2 atom stereocenters. The molecule has 1 aliphatic rings. The van der Waals surface area contributed by atoms with Crippen molar-refractivity contribution in [1.82, 2.24) is 4.90 Å². The minimum atomic E-state index is -4.19. The third kappa shape index (κ3) is 5.70. The van der Waals surface area contributed by atoms with Gasteiger partial charge in [-0.15, -0.1) is 0 Å². The number of aliphatic hydroxyl groups excluding tert-OH is 1. The highest BCUT2D eigenvalue weighted by molar-refractivity contribution is 4.79. The number of hydrogen-bond donors (Lipinski definition) is 2. The fraction of sp³-hybridized carbons (Fsp3) is 1.00. The van der Waals surface area contributed by atoms with E-state index in [2.05, 4.69) is 0 Å². The third-order valence-corrected chi connectivity index (χ3v) is 3.32. The first-order valence-corrected chi connectivity index (χ1v) is 6.04. The standard InChI is InChI=1S/C11H21F3N2O/c12-11(13,14)8-16(3-4-17)7-10-2-1-9(5-10)6-15/h9-10,17H,1-8,15H2. The summed E-state index contributed by atoms with van der Waals surface area (Å²) in [6.45, 7) is -0.0455. The normalized spacial score (nSPS) is 25.8. The smallest absolute Gasteiger partial charge is 0.395 e. The molecule has 1 fully saturated rings. The highest BCUT2D eigenvalue weighted by atomic mass is 19.4. The van der Waals surface area contributed by atoms with E-state index in [0.717, 1.165) is 19.3 Å². The molecule has 0 aromatic carbocycles. The molecular weight excluding hydrogens is 233 g/mol. The van der Waals surface area contributed by atoms with Crippen LogP contribution in [0.2, 0.25) is 0 Å². The number of nitrogens with two attached hydrogens (primary N) is 1. The molecule has 1 saturated carbocycles. The van der Waals surface area contributed by atoms with Gasteiger partial charge in [-0.3, -0.25) is 4.90 Å². The minimum absolute atomic E-state index is 0.0866. The minimum Gasteiger partial charge on any atom is -0.395 e. The van der Waals surface area contributed by atoms with Crippen LogP contribution in [0.25, 0.3) is 0 Å². The van der Waals surface area contributed by atoms with Gasteiger partial charge in [-0.1, -0.05) is 0 Å². The molecular formula is C11H21F3N2O. The van der Waals surface area contributed by atoms with Crippen LogP contribution in [0.4, 0.5) is 13.2 Å². The molecule has 0 radical (unpaired) electrons. The Hall–Kier alpha value is -0.330. The largest absolute Gasteiger partial charge is 0.401 e. The third-order valence-electron chi connectivity index (χ3n) is 3.32. The van der Waals surface area contributed by atoms with Gasteiger partial charge in [-0.2, -0.15) is 13.2 Å². The lowest BCUT2D eigenvalue weighted by Gasteiger charge is -2.25. The maximum absolute atomic E-state index is 12.3. The first kappa shape index (κ1) is 14.7. The topological polar surface area (TPSA) is 49.5 Å². The van der Waals surface area contributed by atoms with Crippen LogP contribution in [0.15, 0.2) is 0 Å². The molecule has 102 valence electrons. The maximum atomic E-state index is 12.3. The van der Waals surface area contributed by atoms with Gasteiger partial charge in [-0.05, 0) is 37.6 Å². The van der Waals surface area contributed by atoms with E-state index in [1.54, 1.807) is 0 Å². The first-order valence-electron chi connectivity index (χ1n) is 6.04. The fourth-order valence-electron chi connectivity index (χ4n) is 2.55. The van der Waals surface area contributed by atoms with Gasteiger partial charge in [0.1, 0.15) is 0 Å². The Bertz CT molecular complexity index is 223. The summed E-state index contributed by atoms with van der Waals surface area (Å²) in [5.41, 5.74) is 5.55. The number of alkyl halides is 3. The van der Waals surface area contributed by atoms with E-state index in [0.29, 0.717) is 19.0 Å². The Labute approximate surface area is 99.8 Å². The first-order chi connectivity index (χ1) is 7.94. The van der Waals surface area contributed by atoms with E-state index in [-0.39, 0.29) is 19.1 Å². The molecule has 3 N–H and O–H groups in total. The van der Waals surface area contributed by atoms with Gasteiger partial charge in [0.2, 0.25) is 0 Å². The van der Waals surface area contributed by atoms with E-state index >= 15 is 0 Å². The molecule has 0 heterocycles. The van der Waals surface area contributed by atoms with Crippen molar-refractivity contribution in [3.05, 3.63) is 0 Å². The van der Waals surface area contributed by atoms with Crippen LogP contribution in [-0.4, -0.2) is 49.0 Å². The molecule has 0 bridgehead atoms. The summed E-state index contributed by atoms with van der Waals surface area (Å²) in [6.07, 6.45) is -1.32. The van der Waals surface area contributed by atoms with Gasteiger partial charge in [0, 0.05) is 13.1 Å².